The summed E-state index contributed by atoms with van der Waals surface area (Å²) < 4.78 is 5.89. The molecular formula is C14H21NO. The molecule has 0 bridgehead atoms. The van der Waals surface area contributed by atoms with Crippen LogP contribution in [0.3, 0.4) is 0 Å². The van der Waals surface area contributed by atoms with Crippen molar-refractivity contribution in [1.82, 2.24) is 4.90 Å². The summed E-state index contributed by atoms with van der Waals surface area (Å²) in [6, 6.07) is 10.6. The Bertz CT molecular complexity index is 325. The van der Waals surface area contributed by atoms with Gasteiger partial charge in [0.05, 0.1) is 5.60 Å². The maximum Gasteiger partial charge on any atom is 0.100 e. The van der Waals surface area contributed by atoms with E-state index < -0.39 is 0 Å². The molecule has 2 heteroatoms. The molecule has 0 radical (unpaired) electrons. The van der Waals surface area contributed by atoms with Crippen LogP contribution in [0, 0.1) is 0 Å². The van der Waals surface area contributed by atoms with Gasteiger partial charge in [-0.25, -0.2) is 0 Å². The summed E-state index contributed by atoms with van der Waals surface area (Å²) in [5.41, 5.74) is 1.44. The van der Waals surface area contributed by atoms with E-state index in [4.69, 9.17) is 4.74 Å². The second-order valence-electron chi connectivity index (χ2n) is 4.95. The molecule has 0 aliphatic carbocycles. The highest BCUT2D eigenvalue weighted by molar-refractivity contribution is 5.14. The summed E-state index contributed by atoms with van der Waals surface area (Å²) in [6.45, 7) is 7.26. The van der Waals surface area contributed by atoms with Gasteiger partial charge in [-0.05, 0) is 18.9 Å². The van der Waals surface area contributed by atoms with E-state index in [0.717, 1.165) is 26.2 Å². The average molecular weight is 219 g/mol. The zero-order valence-electron chi connectivity index (χ0n) is 10.3. The van der Waals surface area contributed by atoms with Gasteiger partial charge in [-0.2, -0.15) is 0 Å². The molecule has 1 saturated heterocycles. The molecule has 2 nitrogen and oxygen atoms in total. The Labute approximate surface area is 98.2 Å². The SMILES string of the molecule is CCCC1(C)CN(Cc2ccccc2)CO1. The minimum absolute atomic E-state index is 0.0729. The standard InChI is InChI=1S/C14H21NO/c1-3-9-14(2)11-15(12-16-14)10-13-7-5-4-6-8-13/h4-8H,3,9-12H2,1-2H3. The van der Waals surface area contributed by atoms with E-state index in [-0.39, 0.29) is 5.60 Å². The first-order valence-corrected chi connectivity index (χ1v) is 6.12. The second-order valence-corrected chi connectivity index (χ2v) is 4.95. The van der Waals surface area contributed by atoms with Gasteiger partial charge in [0.15, 0.2) is 0 Å². The van der Waals surface area contributed by atoms with Crippen LogP contribution in [0.2, 0.25) is 0 Å². The zero-order valence-corrected chi connectivity index (χ0v) is 10.3. The van der Waals surface area contributed by atoms with Gasteiger partial charge in [0.1, 0.15) is 6.73 Å². The van der Waals surface area contributed by atoms with E-state index in [1.807, 2.05) is 0 Å². The van der Waals surface area contributed by atoms with Crippen molar-refractivity contribution in [3.8, 4) is 0 Å². The summed E-state index contributed by atoms with van der Waals surface area (Å²) in [6.07, 6.45) is 2.34. The number of hydrogen-bond donors (Lipinski definition) is 0. The lowest BCUT2D eigenvalue weighted by atomic mass is 10.0. The molecule has 0 N–H and O–H groups in total. The average Bonchev–Trinajstić information content (AvgIpc) is 2.62. The summed E-state index contributed by atoms with van der Waals surface area (Å²) >= 11 is 0. The maximum absolute atomic E-state index is 5.89. The topological polar surface area (TPSA) is 12.5 Å². The highest BCUT2D eigenvalue weighted by atomic mass is 16.5. The third kappa shape index (κ3) is 2.83. The first-order valence-electron chi connectivity index (χ1n) is 6.12. The van der Waals surface area contributed by atoms with Crippen molar-refractivity contribution < 1.29 is 4.74 Å². The van der Waals surface area contributed by atoms with Gasteiger partial charge < -0.3 is 4.74 Å². The number of hydrogen-bond acceptors (Lipinski definition) is 2. The fraction of sp³-hybridized carbons (Fsp3) is 0.571. The molecule has 1 aliphatic heterocycles. The quantitative estimate of drug-likeness (QED) is 0.771. The van der Waals surface area contributed by atoms with E-state index >= 15 is 0 Å². The van der Waals surface area contributed by atoms with Gasteiger partial charge in [-0.1, -0.05) is 43.7 Å². The summed E-state index contributed by atoms with van der Waals surface area (Å²) in [5, 5.41) is 0. The van der Waals surface area contributed by atoms with E-state index in [2.05, 4.69) is 49.1 Å². The predicted octanol–water partition coefficient (Wildman–Crippen LogP) is 3.04. The lowest BCUT2D eigenvalue weighted by Gasteiger charge is -2.22. The van der Waals surface area contributed by atoms with E-state index in [9.17, 15) is 0 Å². The van der Waals surface area contributed by atoms with Crippen LogP contribution >= 0.6 is 0 Å². The molecule has 1 fully saturated rings. The summed E-state index contributed by atoms with van der Waals surface area (Å²) in [7, 11) is 0. The van der Waals surface area contributed by atoms with Crippen molar-refractivity contribution in [2.45, 2.75) is 38.8 Å². The van der Waals surface area contributed by atoms with Crippen LogP contribution in [-0.2, 0) is 11.3 Å². The van der Waals surface area contributed by atoms with Crippen molar-refractivity contribution in [3.05, 3.63) is 35.9 Å². The largest absolute Gasteiger partial charge is 0.359 e. The van der Waals surface area contributed by atoms with Gasteiger partial charge in [0, 0.05) is 13.1 Å². The van der Waals surface area contributed by atoms with Gasteiger partial charge in [-0.15, -0.1) is 0 Å². The molecule has 0 aromatic heterocycles. The highest BCUT2D eigenvalue weighted by Crippen LogP contribution is 2.26. The predicted molar refractivity (Wildman–Crippen MR) is 66.1 cm³/mol. The van der Waals surface area contributed by atoms with Crippen molar-refractivity contribution in [2.75, 3.05) is 13.3 Å². The zero-order chi connectivity index (χ0) is 11.4. The lowest BCUT2D eigenvalue weighted by molar-refractivity contribution is 0.0115. The van der Waals surface area contributed by atoms with Crippen LogP contribution in [0.5, 0.6) is 0 Å². The van der Waals surface area contributed by atoms with Crippen LogP contribution in [0.25, 0.3) is 0 Å². The third-order valence-electron chi connectivity index (χ3n) is 3.18. The molecule has 1 heterocycles. The van der Waals surface area contributed by atoms with Gasteiger partial charge in [0.2, 0.25) is 0 Å². The van der Waals surface area contributed by atoms with Gasteiger partial charge in [-0.3, -0.25) is 4.90 Å². The molecule has 1 aromatic carbocycles. The monoisotopic (exact) mass is 219 g/mol. The molecule has 88 valence electrons. The Morgan fingerprint density at radius 2 is 2.06 bits per heavy atom. The molecule has 1 aromatic rings. The number of nitrogens with zero attached hydrogens (tertiary/aromatic N) is 1. The Morgan fingerprint density at radius 1 is 1.31 bits per heavy atom. The van der Waals surface area contributed by atoms with Crippen molar-refractivity contribution in [2.24, 2.45) is 0 Å². The van der Waals surface area contributed by atoms with Crippen molar-refractivity contribution in [3.63, 3.8) is 0 Å². The molecule has 1 atom stereocenters. The fourth-order valence-corrected chi connectivity index (χ4v) is 2.43. The molecule has 1 unspecified atom stereocenters. The second kappa shape index (κ2) is 4.98. The Morgan fingerprint density at radius 3 is 2.75 bits per heavy atom. The first kappa shape index (κ1) is 11.6. The Hall–Kier alpha value is -0.860. The Balaban J connectivity index is 1.90. The number of ether oxygens (including phenoxy) is 1. The highest BCUT2D eigenvalue weighted by Gasteiger charge is 2.33. The van der Waals surface area contributed by atoms with Crippen LogP contribution in [0.1, 0.15) is 32.3 Å². The molecule has 0 saturated carbocycles. The van der Waals surface area contributed by atoms with Crippen LogP contribution < -0.4 is 0 Å². The van der Waals surface area contributed by atoms with Gasteiger partial charge in [0.25, 0.3) is 0 Å². The van der Waals surface area contributed by atoms with Crippen LogP contribution in [0.15, 0.2) is 30.3 Å². The number of benzene rings is 1. The van der Waals surface area contributed by atoms with Crippen LogP contribution in [0.4, 0.5) is 0 Å². The molecule has 0 amide bonds. The summed E-state index contributed by atoms with van der Waals surface area (Å²) in [5.74, 6) is 0. The van der Waals surface area contributed by atoms with E-state index in [1.54, 1.807) is 0 Å². The normalized spacial score (nSPS) is 26.1. The molecule has 1 aliphatic rings. The first-order chi connectivity index (χ1) is 7.72. The van der Waals surface area contributed by atoms with Crippen molar-refractivity contribution in [1.29, 1.82) is 0 Å². The van der Waals surface area contributed by atoms with Crippen molar-refractivity contribution >= 4 is 0 Å². The van der Waals surface area contributed by atoms with E-state index in [0.29, 0.717) is 0 Å². The molecule has 16 heavy (non-hydrogen) atoms. The maximum atomic E-state index is 5.89. The fourth-order valence-electron chi connectivity index (χ4n) is 2.43. The lowest BCUT2D eigenvalue weighted by Crippen LogP contribution is -2.30. The van der Waals surface area contributed by atoms with Crippen LogP contribution in [-0.4, -0.2) is 23.8 Å². The van der Waals surface area contributed by atoms with E-state index in [1.165, 1.54) is 12.0 Å². The number of rotatable bonds is 4. The van der Waals surface area contributed by atoms with Gasteiger partial charge >= 0.3 is 0 Å². The smallest absolute Gasteiger partial charge is 0.100 e. The minimum Gasteiger partial charge on any atom is -0.359 e. The Kier molecular flexibility index (Phi) is 3.62. The molecule has 0 spiro atoms. The minimum atomic E-state index is 0.0729. The third-order valence-corrected chi connectivity index (χ3v) is 3.18. The molecular weight excluding hydrogens is 198 g/mol. The molecule has 2 rings (SSSR count). The summed E-state index contributed by atoms with van der Waals surface area (Å²) in [4.78, 5) is 2.38.